The average molecular weight is 284 g/mol. The standard InChI is InChI=1S/C14H12N4O3/c1-9-4-5-10(21-9)8-15-18-14(19)12-7-11(16-17-12)13-3-2-6-20-13/h2-8H,1H3,(H,16,17)(H,18,19). The van der Waals surface area contributed by atoms with Gasteiger partial charge in [-0.15, -0.1) is 0 Å². The van der Waals surface area contributed by atoms with Gasteiger partial charge in [0.25, 0.3) is 5.91 Å². The van der Waals surface area contributed by atoms with E-state index in [1.807, 2.05) is 13.0 Å². The van der Waals surface area contributed by atoms with Gasteiger partial charge in [-0.25, -0.2) is 5.43 Å². The molecule has 0 atom stereocenters. The van der Waals surface area contributed by atoms with Crippen LogP contribution in [0, 0.1) is 6.92 Å². The van der Waals surface area contributed by atoms with Gasteiger partial charge in [0.15, 0.2) is 11.5 Å². The van der Waals surface area contributed by atoms with Gasteiger partial charge in [-0.1, -0.05) is 0 Å². The van der Waals surface area contributed by atoms with Crippen molar-refractivity contribution in [1.82, 2.24) is 15.6 Å². The molecule has 7 nitrogen and oxygen atoms in total. The summed E-state index contributed by atoms with van der Waals surface area (Å²) < 4.78 is 10.5. The number of aromatic amines is 1. The first-order chi connectivity index (χ1) is 10.2. The second-order valence-electron chi connectivity index (χ2n) is 4.29. The minimum absolute atomic E-state index is 0.217. The SMILES string of the molecule is Cc1ccc(C=NNC(=O)c2cc(-c3ccco3)[nH]n2)o1. The summed E-state index contributed by atoms with van der Waals surface area (Å²) in [5.41, 5.74) is 3.21. The van der Waals surface area contributed by atoms with Crippen LogP contribution in [0.4, 0.5) is 0 Å². The molecule has 3 aromatic rings. The average Bonchev–Trinajstić information content (AvgIpc) is 3.19. The number of carbonyl (C=O) groups excluding carboxylic acids is 1. The Hall–Kier alpha value is -3.09. The first-order valence-electron chi connectivity index (χ1n) is 6.21. The van der Waals surface area contributed by atoms with Gasteiger partial charge in [0, 0.05) is 6.07 Å². The van der Waals surface area contributed by atoms with Crippen molar-refractivity contribution < 1.29 is 13.6 Å². The number of nitrogens with zero attached hydrogens (tertiary/aromatic N) is 2. The van der Waals surface area contributed by atoms with Crippen LogP contribution in [0.25, 0.3) is 11.5 Å². The summed E-state index contributed by atoms with van der Waals surface area (Å²) >= 11 is 0. The zero-order chi connectivity index (χ0) is 14.7. The van der Waals surface area contributed by atoms with E-state index in [0.717, 1.165) is 5.76 Å². The van der Waals surface area contributed by atoms with Gasteiger partial charge >= 0.3 is 0 Å². The maximum Gasteiger partial charge on any atom is 0.291 e. The lowest BCUT2D eigenvalue weighted by atomic mass is 10.3. The molecule has 0 radical (unpaired) electrons. The van der Waals surface area contributed by atoms with Gasteiger partial charge in [-0.2, -0.15) is 10.2 Å². The summed E-state index contributed by atoms with van der Waals surface area (Å²) in [6, 6.07) is 8.68. The number of amides is 1. The van der Waals surface area contributed by atoms with Crippen LogP contribution in [0.2, 0.25) is 0 Å². The van der Waals surface area contributed by atoms with Crippen molar-refractivity contribution in [2.75, 3.05) is 0 Å². The van der Waals surface area contributed by atoms with Crippen molar-refractivity contribution in [3.05, 3.63) is 53.8 Å². The fraction of sp³-hybridized carbons (Fsp3) is 0.0714. The molecule has 0 saturated carbocycles. The smallest absolute Gasteiger partial charge is 0.291 e. The lowest BCUT2D eigenvalue weighted by Crippen LogP contribution is -2.17. The predicted molar refractivity (Wildman–Crippen MR) is 74.8 cm³/mol. The molecule has 0 unspecified atom stereocenters. The molecule has 0 saturated heterocycles. The van der Waals surface area contributed by atoms with Crippen LogP contribution in [-0.4, -0.2) is 22.3 Å². The molecule has 3 aromatic heterocycles. The Labute approximate surface area is 119 Å². The zero-order valence-corrected chi connectivity index (χ0v) is 11.2. The van der Waals surface area contributed by atoms with Crippen molar-refractivity contribution in [3.63, 3.8) is 0 Å². The van der Waals surface area contributed by atoms with Gasteiger partial charge in [-0.05, 0) is 31.2 Å². The molecule has 0 spiro atoms. The van der Waals surface area contributed by atoms with E-state index in [-0.39, 0.29) is 5.69 Å². The molecule has 3 heterocycles. The molecule has 0 aliphatic heterocycles. The Bertz CT molecular complexity index is 768. The molecule has 2 N–H and O–H groups in total. The van der Waals surface area contributed by atoms with Crippen LogP contribution in [0.1, 0.15) is 22.0 Å². The molecule has 0 aliphatic carbocycles. The zero-order valence-electron chi connectivity index (χ0n) is 11.2. The van der Waals surface area contributed by atoms with Crippen molar-refractivity contribution in [2.45, 2.75) is 6.92 Å². The largest absolute Gasteiger partial charge is 0.463 e. The van der Waals surface area contributed by atoms with E-state index in [1.54, 1.807) is 30.5 Å². The van der Waals surface area contributed by atoms with Crippen LogP contribution in [0.15, 0.2) is 50.5 Å². The number of nitrogens with one attached hydrogen (secondary N) is 2. The van der Waals surface area contributed by atoms with E-state index in [4.69, 9.17) is 8.83 Å². The minimum atomic E-state index is -0.427. The second kappa shape index (κ2) is 5.49. The van der Waals surface area contributed by atoms with Crippen molar-refractivity contribution >= 4 is 12.1 Å². The Morgan fingerprint density at radius 1 is 1.43 bits per heavy atom. The molecule has 3 rings (SSSR count). The molecule has 0 aliphatic rings. The van der Waals surface area contributed by atoms with Gasteiger partial charge in [0.05, 0.1) is 12.5 Å². The Morgan fingerprint density at radius 2 is 2.33 bits per heavy atom. The van der Waals surface area contributed by atoms with Crippen LogP contribution in [0.3, 0.4) is 0 Å². The number of hydrazone groups is 1. The van der Waals surface area contributed by atoms with Crippen LogP contribution < -0.4 is 5.43 Å². The van der Waals surface area contributed by atoms with Crippen molar-refractivity contribution in [2.24, 2.45) is 5.10 Å². The highest BCUT2D eigenvalue weighted by atomic mass is 16.3. The van der Waals surface area contributed by atoms with Gasteiger partial charge in [0.1, 0.15) is 17.2 Å². The first kappa shape index (κ1) is 12.9. The summed E-state index contributed by atoms with van der Waals surface area (Å²) in [5, 5.41) is 10.4. The van der Waals surface area contributed by atoms with E-state index in [0.29, 0.717) is 17.2 Å². The third-order valence-electron chi connectivity index (χ3n) is 2.72. The minimum Gasteiger partial charge on any atom is -0.463 e. The van der Waals surface area contributed by atoms with E-state index in [1.165, 1.54) is 6.21 Å². The Kier molecular flexibility index (Phi) is 3.38. The summed E-state index contributed by atoms with van der Waals surface area (Å²) in [7, 11) is 0. The number of hydrogen-bond acceptors (Lipinski definition) is 5. The third kappa shape index (κ3) is 2.92. The number of aryl methyl sites for hydroxylation is 1. The van der Waals surface area contributed by atoms with E-state index in [2.05, 4.69) is 20.7 Å². The number of hydrogen-bond donors (Lipinski definition) is 2. The topological polar surface area (TPSA) is 96.4 Å². The maximum atomic E-state index is 11.9. The highest BCUT2D eigenvalue weighted by molar-refractivity contribution is 5.93. The molecular formula is C14H12N4O3. The van der Waals surface area contributed by atoms with Crippen LogP contribution in [-0.2, 0) is 0 Å². The number of carbonyl (C=O) groups is 1. The number of rotatable bonds is 4. The van der Waals surface area contributed by atoms with Gasteiger partial charge in [-0.3, -0.25) is 9.89 Å². The van der Waals surface area contributed by atoms with E-state index < -0.39 is 5.91 Å². The number of furan rings is 2. The van der Waals surface area contributed by atoms with Gasteiger partial charge < -0.3 is 8.83 Å². The number of H-pyrrole nitrogens is 1. The maximum absolute atomic E-state index is 11.9. The summed E-state index contributed by atoms with van der Waals surface area (Å²) in [6.07, 6.45) is 2.97. The summed E-state index contributed by atoms with van der Waals surface area (Å²) in [4.78, 5) is 11.9. The third-order valence-corrected chi connectivity index (χ3v) is 2.72. The molecule has 1 amide bonds. The second-order valence-corrected chi connectivity index (χ2v) is 4.29. The normalized spacial score (nSPS) is 11.1. The summed E-state index contributed by atoms with van der Waals surface area (Å²) in [6.45, 7) is 1.83. The van der Waals surface area contributed by atoms with Crippen molar-refractivity contribution in [3.8, 4) is 11.5 Å². The molecular weight excluding hydrogens is 272 g/mol. The van der Waals surface area contributed by atoms with Crippen LogP contribution in [0.5, 0.6) is 0 Å². The lowest BCUT2D eigenvalue weighted by Gasteiger charge is -1.93. The molecule has 7 heteroatoms. The van der Waals surface area contributed by atoms with Gasteiger partial charge in [0.2, 0.25) is 0 Å². The quantitative estimate of drug-likeness (QED) is 0.567. The van der Waals surface area contributed by atoms with Crippen molar-refractivity contribution in [1.29, 1.82) is 0 Å². The van der Waals surface area contributed by atoms with E-state index in [9.17, 15) is 4.79 Å². The molecule has 21 heavy (non-hydrogen) atoms. The molecule has 0 fully saturated rings. The monoisotopic (exact) mass is 284 g/mol. The number of aromatic nitrogens is 2. The fourth-order valence-corrected chi connectivity index (χ4v) is 1.73. The highest BCUT2D eigenvalue weighted by Crippen LogP contribution is 2.17. The lowest BCUT2D eigenvalue weighted by molar-refractivity contribution is 0.0950. The highest BCUT2D eigenvalue weighted by Gasteiger charge is 2.11. The summed E-state index contributed by atoms with van der Waals surface area (Å²) in [5.74, 6) is 1.52. The van der Waals surface area contributed by atoms with E-state index >= 15 is 0 Å². The van der Waals surface area contributed by atoms with Crippen LogP contribution >= 0.6 is 0 Å². The fourth-order valence-electron chi connectivity index (χ4n) is 1.73. The molecule has 106 valence electrons. The predicted octanol–water partition coefficient (Wildman–Crippen LogP) is 2.34. The first-order valence-corrected chi connectivity index (χ1v) is 6.21. The Balaban J connectivity index is 1.64. The Morgan fingerprint density at radius 3 is 3.05 bits per heavy atom. The molecule has 0 bridgehead atoms. The molecule has 0 aromatic carbocycles.